The topological polar surface area (TPSA) is 63.2 Å². The average molecular weight is 207 g/mol. The molecule has 15 heavy (non-hydrogen) atoms. The summed E-state index contributed by atoms with van der Waals surface area (Å²) in [5, 5.41) is 6.45. The third-order valence-corrected chi connectivity index (χ3v) is 2.31. The van der Waals surface area contributed by atoms with Crippen LogP contribution in [0.2, 0.25) is 0 Å². The Bertz CT molecular complexity index is 346. The number of hydrogen-bond acceptors (Lipinski definition) is 5. The van der Waals surface area contributed by atoms with Gasteiger partial charge in [0, 0.05) is 13.1 Å². The molecule has 0 aromatic carbocycles. The first-order valence-corrected chi connectivity index (χ1v) is 4.81. The zero-order valence-corrected chi connectivity index (χ0v) is 8.49. The van der Waals surface area contributed by atoms with Crippen molar-refractivity contribution in [1.29, 1.82) is 0 Å². The maximum Gasteiger partial charge on any atom is 0.356 e. The minimum absolute atomic E-state index is 0.329. The van der Waals surface area contributed by atoms with Crippen molar-refractivity contribution < 1.29 is 9.53 Å². The fourth-order valence-corrected chi connectivity index (χ4v) is 1.33. The number of aromatic nitrogens is 1. The SMILES string of the molecule is COC(=O)c1ccc(NC2CNC2)cn1. The molecule has 0 atom stereocenters. The Labute approximate surface area is 87.8 Å². The smallest absolute Gasteiger partial charge is 0.356 e. The van der Waals surface area contributed by atoms with Gasteiger partial charge in [0.25, 0.3) is 0 Å². The predicted molar refractivity (Wildman–Crippen MR) is 55.9 cm³/mol. The molecule has 0 unspecified atom stereocenters. The van der Waals surface area contributed by atoms with Crippen LogP contribution in [0.3, 0.4) is 0 Å². The Kier molecular flexibility index (Phi) is 2.82. The fourth-order valence-electron chi connectivity index (χ4n) is 1.33. The number of ether oxygens (including phenoxy) is 1. The van der Waals surface area contributed by atoms with Gasteiger partial charge in [-0.05, 0) is 12.1 Å². The first-order valence-electron chi connectivity index (χ1n) is 4.81. The lowest BCUT2D eigenvalue weighted by Gasteiger charge is -2.28. The Morgan fingerprint density at radius 3 is 2.87 bits per heavy atom. The largest absolute Gasteiger partial charge is 0.464 e. The molecule has 2 heterocycles. The fraction of sp³-hybridized carbons (Fsp3) is 0.400. The van der Waals surface area contributed by atoms with Crippen molar-refractivity contribution >= 4 is 11.7 Å². The van der Waals surface area contributed by atoms with Gasteiger partial charge >= 0.3 is 5.97 Å². The molecule has 0 saturated carbocycles. The summed E-state index contributed by atoms with van der Waals surface area (Å²) in [6.07, 6.45) is 1.64. The summed E-state index contributed by atoms with van der Waals surface area (Å²) in [5.41, 5.74) is 1.25. The standard InChI is InChI=1S/C10H13N3O2/c1-15-10(14)9-3-2-7(6-12-9)13-8-4-11-5-8/h2-3,6,8,11,13H,4-5H2,1H3. The van der Waals surface area contributed by atoms with Crippen molar-refractivity contribution in [2.45, 2.75) is 6.04 Å². The van der Waals surface area contributed by atoms with Gasteiger partial charge in [0.1, 0.15) is 5.69 Å². The second-order valence-corrected chi connectivity index (χ2v) is 3.42. The van der Waals surface area contributed by atoms with Crippen LogP contribution in [0.15, 0.2) is 18.3 Å². The van der Waals surface area contributed by atoms with Gasteiger partial charge in [-0.25, -0.2) is 9.78 Å². The molecule has 1 aromatic heterocycles. The minimum atomic E-state index is -0.410. The third kappa shape index (κ3) is 2.24. The van der Waals surface area contributed by atoms with Crippen LogP contribution < -0.4 is 10.6 Å². The van der Waals surface area contributed by atoms with Gasteiger partial charge in [-0.1, -0.05) is 0 Å². The lowest BCUT2D eigenvalue weighted by Crippen LogP contribution is -2.51. The molecule has 1 aliphatic heterocycles. The number of pyridine rings is 1. The Balaban J connectivity index is 1.99. The summed E-state index contributed by atoms with van der Waals surface area (Å²) < 4.78 is 4.56. The Morgan fingerprint density at radius 2 is 2.40 bits per heavy atom. The number of methoxy groups -OCH3 is 1. The molecular weight excluding hydrogens is 194 g/mol. The van der Waals surface area contributed by atoms with E-state index in [-0.39, 0.29) is 0 Å². The van der Waals surface area contributed by atoms with Crippen LogP contribution in [0, 0.1) is 0 Å². The number of esters is 1. The van der Waals surface area contributed by atoms with Crippen molar-refractivity contribution in [1.82, 2.24) is 10.3 Å². The molecule has 5 heteroatoms. The van der Waals surface area contributed by atoms with Crippen molar-refractivity contribution in [3.05, 3.63) is 24.0 Å². The quantitative estimate of drug-likeness (QED) is 0.696. The number of nitrogens with zero attached hydrogens (tertiary/aromatic N) is 1. The van der Waals surface area contributed by atoms with Crippen LogP contribution >= 0.6 is 0 Å². The van der Waals surface area contributed by atoms with E-state index >= 15 is 0 Å². The first kappa shape index (κ1) is 9.92. The van der Waals surface area contributed by atoms with Gasteiger partial charge in [0.2, 0.25) is 0 Å². The van der Waals surface area contributed by atoms with Crippen LogP contribution in [0.25, 0.3) is 0 Å². The van der Waals surface area contributed by atoms with E-state index in [2.05, 4.69) is 20.4 Å². The van der Waals surface area contributed by atoms with Crippen LogP contribution in [0.5, 0.6) is 0 Å². The zero-order valence-electron chi connectivity index (χ0n) is 8.49. The van der Waals surface area contributed by atoms with Gasteiger partial charge in [-0.3, -0.25) is 0 Å². The predicted octanol–water partition coefficient (Wildman–Crippen LogP) is 0.252. The number of nitrogens with one attached hydrogen (secondary N) is 2. The zero-order chi connectivity index (χ0) is 10.7. The number of rotatable bonds is 3. The highest BCUT2D eigenvalue weighted by atomic mass is 16.5. The summed E-state index contributed by atoms with van der Waals surface area (Å²) in [4.78, 5) is 15.1. The van der Waals surface area contributed by atoms with Gasteiger partial charge < -0.3 is 15.4 Å². The second-order valence-electron chi connectivity index (χ2n) is 3.42. The molecule has 0 bridgehead atoms. The number of carbonyl (C=O) groups excluding carboxylic acids is 1. The maximum absolute atomic E-state index is 11.1. The Hall–Kier alpha value is -1.62. The minimum Gasteiger partial charge on any atom is -0.464 e. The Morgan fingerprint density at radius 1 is 1.60 bits per heavy atom. The van der Waals surface area contributed by atoms with Gasteiger partial charge in [0.05, 0.1) is 25.0 Å². The van der Waals surface area contributed by atoms with Gasteiger partial charge in [-0.15, -0.1) is 0 Å². The first-order chi connectivity index (χ1) is 7.29. The molecular formula is C10H13N3O2. The molecule has 5 nitrogen and oxygen atoms in total. The second kappa shape index (κ2) is 4.27. The van der Waals surface area contributed by atoms with E-state index in [0.717, 1.165) is 18.8 Å². The van der Waals surface area contributed by atoms with Gasteiger partial charge in [-0.2, -0.15) is 0 Å². The van der Waals surface area contributed by atoms with E-state index in [4.69, 9.17) is 0 Å². The van der Waals surface area contributed by atoms with E-state index in [1.807, 2.05) is 6.07 Å². The normalized spacial score (nSPS) is 15.5. The summed E-state index contributed by atoms with van der Waals surface area (Å²) in [5.74, 6) is -0.410. The molecule has 0 amide bonds. The van der Waals surface area contributed by atoms with E-state index in [1.165, 1.54) is 7.11 Å². The van der Waals surface area contributed by atoms with Crippen molar-refractivity contribution in [2.24, 2.45) is 0 Å². The number of carbonyl (C=O) groups is 1. The lowest BCUT2D eigenvalue weighted by atomic mass is 10.2. The molecule has 2 N–H and O–H groups in total. The number of hydrogen-bond donors (Lipinski definition) is 2. The molecule has 0 aliphatic carbocycles. The molecule has 1 aromatic rings. The van der Waals surface area contributed by atoms with E-state index in [9.17, 15) is 4.79 Å². The summed E-state index contributed by atoms with van der Waals surface area (Å²) in [6, 6.07) is 3.95. The lowest BCUT2D eigenvalue weighted by molar-refractivity contribution is 0.0594. The summed E-state index contributed by atoms with van der Waals surface area (Å²) in [6.45, 7) is 1.94. The number of anilines is 1. The highest BCUT2D eigenvalue weighted by Crippen LogP contribution is 2.09. The van der Waals surface area contributed by atoms with E-state index < -0.39 is 5.97 Å². The van der Waals surface area contributed by atoms with E-state index in [1.54, 1.807) is 12.3 Å². The van der Waals surface area contributed by atoms with Gasteiger partial charge in [0.15, 0.2) is 0 Å². The monoisotopic (exact) mass is 207 g/mol. The molecule has 0 spiro atoms. The molecule has 2 rings (SSSR count). The van der Waals surface area contributed by atoms with Crippen LogP contribution in [-0.4, -0.2) is 37.2 Å². The third-order valence-electron chi connectivity index (χ3n) is 2.31. The molecule has 0 radical (unpaired) electrons. The molecule has 1 saturated heterocycles. The molecule has 1 aliphatic rings. The van der Waals surface area contributed by atoms with Crippen molar-refractivity contribution in [3.8, 4) is 0 Å². The highest BCUT2D eigenvalue weighted by Gasteiger charge is 2.16. The summed E-state index contributed by atoms with van der Waals surface area (Å²) >= 11 is 0. The maximum atomic E-state index is 11.1. The molecule has 80 valence electrons. The van der Waals surface area contributed by atoms with Crippen molar-refractivity contribution in [3.63, 3.8) is 0 Å². The van der Waals surface area contributed by atoms with Crippen LogP contribution in [0.1, 0.15) is 10.5 Å². The summed E-state index contributed by atoms with van der Waals surface area (Å²) in [7, 11) is 1.34. The van der Waals surface area contributed by atoms with Crippen molar-refractivity contribution in [2.75, 3.05) is 25.5 Å². The van der Waals surface area contributed by atoms with Crippen LogP contribution in [0.4, 0.5) is 5.69 Å². The van der Waals surface area contributed by atoms with Crippen LogP contribution in [-0.2, 0) is 4.74 Å². The average Bonchev–Trinajstić information content (AvgIpc) is 2.23. The highest BCUT2D eigenvalue weighted by molar-refractivity contribution is 5.87. The molecule has 1 fully saturated rings. The van der Waals surface area contributed by atoms with E-state index in [0.29, 0.717) is 11.7 Å².